The van der Waals surface area contributed by atoms with Crippen LogP contribution >= 0.6 is 25.6 Å². The number of amides is 1. The van der Waals surface area contributed by atoms with E-state index < -0.39 is 6.09 Å². The van der Waals surface area contributed by atoms with Gasteiger partial charge in [0.1, 0.15) is 0 Å². The summed E-state index contributed by atoms with van der Waals surface area (Å²) in [4.78, 5) is 15.7. The van der Waals surface area contributed by atoms with Crippen LogP contribution in [0.1, 0.15) is 1.43 Å². The van der Waals surface area contributed by atoms with Crippen LogP contribution in [0.15, 0.2) is 0 Å². The van der Waals surface area contributed by atoms with Crippen LogP contribution < -0.4 is 29.6 Å². The Labute approximate surface area is 112 Å². The molecule has 13 heavy (non-hydrogen) atoms. The summed E-state index contributed by atoms with van der Waals surface area (Å²) in [5.74, 6) is 0. The van der Waals surface area contributed by atoms with Gasteiger partial charge in [0.25, 0.3) is 0 Å². The van der Waals surface area contributed by atoms with Crippen molar-refractivity contribution in [1.29, 1.82) is 0 Å². The minimum Gasteiger partial charge on any atom is -1.00 e. The normalized spacial score (nSPS) is 17.4. The van der Waals surface area contributed by atoms with Gasteiger partial charge in [-0.25, -0.2) is 4.79 Å². The predicted octanol–water partition coefficient (Wildman–Crippen LogP) is -2.52. The molecule has 1 rings (SSSR count). The van der Waals surface area contributed by atoms with Gasteiger partial charge in [0.2, 0.25) is 0 Å². The quantitative estimate of drug-likeness (QED) is 0.388. The molecular formula is C5H11N2NaO3S2. The first-order chi connectivity index (χ1) is 5.70. The van der Waals surface area contributed by atoms with Crippen molar-refractivity contribution in [1.82, 2.24) is 8.77 Å². The first-order valence-electron chi connectivity index (χ1n) is 3.42. The predicted molar refractivity (Wildman–Crippen MR) is 49.8 cm³/mol. The Hall–Kier alpha value is 0.890. The molecule has 0 N–H and O–H groups in total. The Kier molecular flexibility index (Phi) is 7.71. The maximum Gasteiger partial charge on any atom is 1.00 e. The number of hydrogen-bond donors (Lipinski definition) is 2. The SMILES string of the molecule is O=C(ON1CCOCC1)N(S)S.[H-].[Na+]. The number of nitrogens with zero attached hydrogens (tertiary/aromatic N) is 2. The van der Waals surface area contributed by atoms with E-state index in [1.807, 2.05) is 0 Å². The van der Waals surface area contributed by atoms with Gasteiger partial charge in [0.15, 0.2) is 0 Å². The standard InChI is InChI=1S/C5H10N2O3S2.Na.H/c8-5(7(11)12)10-6-1-3-9-4-2-6;;/h11-12H,1-4H2;;/q;+1;-1. The van der Waals surface area contributed by atoms with Gasteiger partial charge in [0, 0.05) is 0 Å². The third kappa shape index (κ3) is 5.36. The largest absolute Gasteiger partial charge is 1.00 e. The van der Waals surface area contributed by atoms with Crippen LogP contribution in [-0.2, 0) is 9.57 Å². The molecule has 0 atom stereocenters. The van der Waals surface area contributed by atoms with E-state index in [9.17, 15) is 4.79 Å². The van der Waals surface area contributed by atoms with Crippen molar-refractivity contribution in [3.63, 3.8) is 0 Å². The number of carbonyl (C=O) groups is 1. The molecule has 0 aromatic rings. The summed E-state index contributed by atoms with van der Waals surface area (Å²) >= 11 is 7.32. The second-order valence-electron chi connectivity index (χ2n) is 2.19. The summed E-state index contributed by atoms with van der Waals surface area (Å²) < 4.78 is 5.84. The minimum atomic E-state index is -0.608. The summed E-state index contributed by atoms with van der Waals surface area (Å²) in [6.07, 6.45) is -0.608. The van der Waals surface area contributed by atoms with Crippen LogP contribution in [0.4, 0.5) is 4.79 Å². The number of ether oxygens (including phenoxy) is 1. The van der Waals surface area contributed by atoms with Crippen LogP contribution in [-0.4, -0.2) is 41.2 Å². The minimum absolute atomic E-state index is 0. The molecule has 1 fully saturated rings. The third-order valence-electron chi connectivity index (χ3n) is 1.34. The number of rotatable bonds is 1. The van der Waals surface area contributed by atoms with E-state index in [-0.39, 0.29) is 31.0 Å². The molecule has 1 aliphatic heterocycles. The zero-order chi connectivity index (χ0) is 8.97. The molecule has 0 aliphatic carbocycles. The Morgan fingerprint density at radius 1 is 1.46 bits per heavy atom. The summed E-state index contributed by atoms with van der Waals surface area (Å²) in [5, 5.41) is 1.52. The van der Waals surface area contributed by atoms with Crippen molar-refractivity contribution in [2.24, 2.45) is 0 Å². The summed E-state index contributed by atoms with van der Waals surface area (Å²) in [6, 6.07) is 0. The fourth-order valence-electron chi connectivity index (χ4n) is 0.785. The molecule has 72 valence electrons. The molecule has 0 saturated carbocycles. The summed E-state index contributed by atoms with van der Waals surface area (Å²) in [7, 11) is 0. The average Bonchev–Trinajstić information content (AvgIpc) is 2.06. The Balaban J connectivity index is 0. The molecular weight excluding hydrogens is 223 g/mol. The third-order valence-corrected chi connectivity index (χ3v) is 1.67. The van der Waals surface area contributed by atoms with Gasteiger partial charge < -0.3 is 11.0 Å². The molecule has 8 heteroatoms. The van der Waals surface area contributed by atoms with E-state index in [1.165, 1.54) is 5.06 Å². The summed E-state index contributed by atoms with van der Waals surface area (Å²) in [6.45, 7) is 2.32. The van der Waals surface area contributed by atoms with Crippen molar-refractivity contribution in [3.8, 4) is 0 Å². The molecule has 0 aromatic carbocycles. The molecule has 1 heterocycles. The summed E-state index contributed by atoms with van der Waals surface area (Å²) in [5.41, 5.74) is 0. The molecule has 1 saturated heterocycles. The van der Waals surface area contributed by atoms with Crippen molar-refractivity contribution in [2.75, 3.05) is 26.3 Å². The van der Waals surface area contributed by atoms with Crippen molar-refractivity contribution < 1.29 is 45.4 Å². The molecule has 0 radical (unpaired) electrons. The van der Waals surface area contributed by atoms with Crippen molar-refractivity contribution in [2.45, 2.75) is 0 Å². The molecule has 1 amide bonds. The maximum absolute atomic E-state index is 10.9. The molecule has 0 spiro atoms. The van der Waals surface area contributed by atoms with E-state index in [1.54, 1.807) is 0 Å². The number of hydrogen-bond acceptors (Lipinski definition) is 6. The van der Waals surface area contributed by atoms with Crippen LogP contribution in [0.25, 0.3) is 0 Å². The molecule has 0 bridgehead atoms. The molecule has 1 aliphatic rings. The Morgan fingerprint density at radius 2 is 2.00 bits per heavy atom. The monoisotopic (exact) mass is 234 g/mol. The maximum atomic E-state index is 10.9. The molecule has 0 unspecified atom stereocenters. The first-order valence-corrected chi connectivity index (χ1v) is 4.22. The zero-order valence-electron chi connectivity index (χ0n) is 8.34. The van der Waals surface area contributed by atoms with Gasteiger partial charge in [-0.1, -0.05) is 0 Å². The van der Waals surface area contributed by atoms with Gasteiger partial charge in [0.05, 0.1) is 26.3 Å². The van der Waals surface area contributed by atoms with Gasteiger partial charge >= 0.3 is 35.7 Å². The Bertz CT molecular complexity index is 171. The average molecular weight is 234 g/mol. The topological polar surface area (TPSA) is 42.0 Å². The first kappa shape index (κ1) is 13.9. The fraction of sp³-hybridized carbons (Fsp3) is 0.800. The van der Waals surface area contributed by atoms with E-state index in [4.69, 9.17) is 9.57 Å². The second-order valence-corrected chi connectivity index (χ2v) is 3.30. The molecule has 0 aromatic heterocycles. The van der Waals surface area contributed by atoms with E-state index in [0.29, 0.717) is 26.3 Å². The van der Waals surface area contributed by atoms with Gasteiger partial charge in [-0.05, 0) is 25.6 Å². The van der Waals surface area contributed by atoms with Gasteiger partial charge in [-0.15, -0.1) is 5.06 Å². The van der Waals surface area contributed by atoms with Crippen molar-refractivity contribution >= 4 is 31.7 Å². The van der Waals surface area contributed by atoms with Crippen LogP contribution in [0, 0.1) is 0 Å². The Morgan fingerprint density at radius 3 is 2.46 bits per heavy atom. The number of hydroxylamine groups is 2. The second kappa shape index (κ2) is 7.22. The van der Waals surface area contributed by atoms with Crippen LogP contribution in [0.3, 0.4) is 0 Å². The van der Waals surface area contributed by atoms with Gasteiger partial charge in [-0.2, -0.15) is 3.71 Å². The van der Waals surface area contributed by atoms with E-state index in [0.717, 1.165) is 3.71 Å². The van der Waals surface area contributed by atoms with E-state index in [2.05, 4.69) is 25.6 Å². The fourth-order valence-corrected chi connectivity index (χ4v) is 0.858. The van der Waals surface area contributed by atoms with Crippen LogP contribution in [0.2, 0.25) is 0 Å². The smallest absolute Gasteiger partial charge is 1.00 e. The number of carbonyl (C=O) groups excluding carboxylic acids is 1. The van der Waals surface area contributed by atoms with Crippen molar-refractivity contribution in [3.05, 3.63) is 0 Å². The molecule has 5 nitrogen and oxygen atoms in total. The zero-order valence-corrected chi connectivity index (χ0v) is 11.1. The number of thiol groups is 2. The van der Waals surface area contributed by atoms with Crippen LogP contribution in [0.5, 0.6) is 0 Å². The van der Waals surface area contributed by atoms with E-state index >= 15 is 0 Å². The van der Waals surface area contributed by atoms with Gasteiger partial charge in [-0.3, -0.25) is 0 Å². The number of morpholine rings is 1.